The van der Waals surface area contributed by atoms with Gasteiger partial charge in [-0.15, -0.1) is 0 Å². The number of fused-ring (bicyclic) bond motifs is 5. The molecule has 0 aliphatic heterocycles. The van der Waals surface area contributed by atoms with Crippen molar-refractivity contribution in [1.29, 1.82) is 0 Å². The van der Waals surface area contributed by atoms with E-state index in [1.165, 1.54) is 27.5 Å². The Balaban J connectivity index is 2.07. The van der Waals surface area contributed by atoms with Crippen LogP contribution in [-0.2, 0) is 4.79 Å². The molecule has 1 heteroatoms. The fourth-order valence-corrected chi connectivity index (χ4v) is 4.24. The lowest BCUT2D eigenvalue weighted by atomic mass is 9.68. The molecule has 0 radical (unpaired) electrons. The van der Waals surface area contributed by atoms with Crippen molar-refractivity contribution < 1.29 is 4.79 Å². The first-order valence-corrected chi connectivity index (χ1v) is 7.36. The first kappa shape index (κ1) is 11.9. The maximum Gasteiger partial charge on any atom is 0.143 e. The van der Waals surface area contributed by atoms with E-state index in [9.17, 15) is 4.79 Å². The highest BCUT2D eigenvalue weighted by Crippen LogP contribution is 2.54. The summed E-state index contributed by atoms with van der Waals surface area (Å²) in [4.78, 5) is 12.3. The van der Waals surface area contributed by atoms with Crippen LogP contribution in [0.4, 0.5) is 0 Å². The van der Waals surface area contributed by atoms with Crippen LogP contribution in [0.1, 0.15) is 43.7 Å². The predicted octanol–water partition coefficient (Wildman–Crippen LogP) is 4.71. The third-order valence-electron chi connectivity index (χ3n) is 5.23. The van der Waals surface area contributed by atoms with Crippen LogP contribution in [0.25, 0.3) is 16.3 Å². The second-order valence-electron chi connectivity index (χ2n) is 6.38. The summed E-state index contributed by atoms with van der Waals surface area (Å²) in [6.45, 7) is 4.27. The molecule has 0 aromatic heterocycles. The van der Waals surface area contributed by atoms with Gasteiger partial charge in [0.2, 0.25) is 0 Å². The normalized spacial score (nSPS) is 28.2. The Morgan fingerprint density at radius 1 is 1.15 bits per heavy atom. The predicted molar refractivity (Wildman–Crippen MR) is 82.7 cm³/mol. The second-order valence-corrected chi connectivity index (χ2v) is 6.38. The Morgan fingerprint density at radius 3 is 2.80 bits per heavy atom. The fourth-order valence-electron chi connectivity index (χ4n) is 4.24. The van der Waals surface area contributed by atoms with Crippen LogP contribution in [0, 0.1) is 5.41 Å². The van der Waals surface area contributed by atoms with Crippen molar-refractivity contribution in [3.05, 3.63) is 53.6 Å². The van der Waals surface area contributed by atoms with E-state index >= 15 is 0 Å². The van der Waals surface area contributed by atoms with E-state index < -0.39 is 0 Å². The molecular formula is C19H18O. The minimum absolute atomic E-state index is 0.278. The second kappa shape index (κ2) is 3.82. The van der Waals surface area contributed by atoms with Gasteiger partial charge in [-0.05, 0) is 47.7 Å². The summed E-state index contributed by atoms with van der Waals surface area (Å²) in [5.41, 5.74) is 3.71. The third kappa shape index (κ3) is 1.35. The SMILES string of the molecule is CC1=C[C@]2(C)C(=O)CC[C@H]2c2ccc3ccccc3c21. The van der Waals surface area contributed by atoms with Crippen molar-refractivity contribution in [2.75, 3.05) is 0 Å². The Hall–Kier alpha value is -1.89. The number of carbonyl (C=O) groups is 1. The van der Waals surface area contributed by atoms with Crippen LogP contribution in [0.5, 0.6) is 0 Å². The van der Waals surface area contributed by atoms with Gasteiger partial charge in [0.05, 0.1) is 5.41 Å². The van der Waals surface area contributed by atoms with Crippen molar-refractivity contribution in [3.8, 4) is 0 Å². The molecule has 2 aromatic carbocycles. The molecule has 0 spiro atoms. The molecule has 1 nitrogen and oxygen atoms in total. The summed E-state index contributed by atoms with van der Waals surface area (Å²) in [6, 6.07) is 13.0. The fraction of sp³-hybridized carbons (Fsp3) is 0.316. The number of ketones is 1. The van der Waals surface area contributed by atoms with Crippen LogP contribution >= 0.6 is 0 Å². The molecular weight excluding hydrogens is 244 g/mol. The Bertz CT molecular complexity index is 768. The molecule has 0 saturated heterocycles. The zero-order valence-electron chi connectivity index (χ0n) is 11.9. The van der Waals surface area contributed by atoms with Crippen molar-refractivity contribution in [2.45, 2.75) is 32.6 Å². The van der Waals surface area contributed by atoms with Crippen molar-refractivity contribution in [3.63, 3.8) is 0 Å². The van der Waals surface area contributed by atoms with Crippen molar-refractivity contribution in [2.24, 2.45) is 5.41 Å². The van der Waals surface area contributed by atoms with Crippen molar-refractivity contribution >= 4 is 22.1 Å². The van der Waals surface area contributed by atoms with E-state index in [1.54, 1.807) is 0 Å². The molecule has 0 bridgehead atoms. The van der Waals surface area contributed by atoms with Gasteiger partial charge in [-0.2, -0.15) is 0 Å². The van der Waals surface area contributed by atoms with E-state index in [0.29, 0.717) is 11.7 Å². The van der Waals surface area contributed by atoms with Gasteiger partial charge >= 0.3 is 0 Å². The van der Waals surface area contributed by atoms with Crippen LogP contribution < -0.4 is 0 Å². The number of carbonyl (C=O) groups excluding carboxylic acids is 1. The molecule has 100 valence electrons. The monoisotopic (exact) mass is 262 g/mol. The van der Waals surface area contributed by atoms with Gasteiger partial charge in [0.1, 0.15) is 5.78 Å². The Kier molecular flexibility index (Phi) is 2.27. The third-order valence-corrected chi connectivity index (χ3v) is 5.23. The lowest BCUT2D eigenvalue weighted by molar-refractivity contribution is -0.123. The van der Waals surface area contributed by atoms with Gasteiger partial charge in [-0.25, -0.2) is 0 Å². The van der Waals surface area contributed by atoms with Crippen LogP contribution in [-0.4, -0.2) is 5.78 Å². The average molecular weight is 262 g/mol. The molecule has 0 N–H and O–H groups in total. The quantitative estimate of drug-likeness (QED) is 0.672. The first-order chi connectivity index (χ1) is 9.61. The van der Waals surface area contributed by atoms with E-state index in [2.05, 4.69) is 56.3 Å². The van der Waals surface area contributed by atoms with E-state index in [4.69, 9.17) is 0 Å². The van der Waals surface area contributed by atoms with Gasteiger partial charge < -0.3 is 0 Å². The Labute approximate surface area is 119 Å². The summed E-state index contributed by atoms with van der Waals surface area (Å²) in [5, 5.41) is 2.60. The first-order valence-electron chi connectivity index (χ1n) is 7.36. The van der Waals surface area contributed by atoms with Crippen molar-refractivity contribution in [1.82, 2.24) is 0 Å². The maximum absolute atomic E-state index is 12.3. The molecule has 2 aliphatic carbocycles. The molecule has 4 rings (SSSR count). The zero-order chi connectivity index (χ0) is 13.9. The van der Waals surface area contributed by atoms with E-state index in [-0.39, 0.29) is 5.41 Å². The molecule has 2 aromatic rings. The number of rotatable bonds is 0. The zero-order valence-corrected chi connectivity index (χ0v) is 11.9. The van der Waals surface area contributed by atoms with Crippen LogP contribution in [0.2, 0.25) is 0 Å². The molecule has 0 unspecified atom stereocenters. The molecule has 2 aliphatic rings. The number of allylic oxidation sites excluding steroid dienone is 2. The lowest BCUT2D eigenvalue weighted by Gasteiger charge is -2.34. The molecule has 0 heterocycles. The smallest absolute Gasteiger partial charge is 0.143 e. The largest absolute Gasteiger partial charge is 0.299 e. The maximum atomic E-state index is 12.3. The number of Topliss-reactive ketones (excluding diaryl/α,β-unsaturated/α-hetero) is 1. The van der Waals surface area contributed by atoms with Gasteiger partial charge in [-0.3, -0.25) is 4.79 Å². The summed E-state index contributed by atoms with van der Waals surface area (Å²) in [6.07, 6.45) is 3.93. The van der Waals surface area contributed by atoms with Gasteiger partial charge in [0.15, 0.2) is 0 Å². The topological polar surface area (TPSA) is 17.1 Å². The number of benzene rings is 2. The molecule has 0 amide bonds. The van der Waals surface area contributed by atoms with Gasteiger partial charge in [0, 0.05) is 12.3 Å². The molecule has 1 fully saturated rings. The highest BCUT2D eigenvalue weighted by molar-refractivity contribution is 6.00. The highest BCUT2D eigenvalue weighted by atomic mass is 16.1. The van der Waals surface area contributed by atoms with E-state index in [0.717, 1.165) is 12.8 Å². The molecule has 2 atom stereocenters. The van der Waals surface area contributed by atoms with Crippen LogP contribution in [0.3, 0.4) is 0 Å². The Morgan fingerprint density at radius 2 is 1.95 bits per heavy atom. The highest BCUT2D eigenvalue weighted by Gasteiger charge is 2.48. The summed E-state index contributed by atoms with van der Waals surface area (Å²) in [7, 11) is 0. The minimum Gasteiger partial charge on any atom is -0.299 e. The standard InChI is InChI=1S/C19H18O/c1-12-11-19(2)16(9-10-17(19)20)15-8-7-13-5-3-4-6-14(13)18(12)15/h3-8,11,16H,9-10H2,1-2H3/t16-,19-/m0/s1. The number of hydrogen-bond donors (Lipinski definition) is 0. The summed E-state index contributed by atoms with van der Waals surface area (Å²) >= 11 is 0. The summed E-state index contributed by atoms with van der Waals surface area (Å²) in [5.74, 6) is 0.763. The molecule has 20 heavy (non-hydrogen) atoms. The van der Waals surface area contributed by atoms with Gasteiger partial charge in [-0.1, -0.05) is 42.5 Å². The van der Waals surface area contributed by atoms with E-state index in [1.807, 2.05) is 0 Å². The van der Waals surface area contributed by atoms with Crippen LogP contribution in [0.15, 0.2) is 42.5 Å². The minimum atomic E-state index is -0.278. The summed E-state index contributed by atoms with van der Waals surface area (Å²) < 4.78 is 0. The van der Waals surface area contributed by atoms with Gasteiger partial charge in [0.25, 0.3) is 0 Å². The lowest BCUT2D eigenvalue weighted by Crippen LogP contribution is -2.28. The number of hydrogen-bond acceptors (Lipinski definition) is 1. The molecule has 1 saturated carbocycles. The average Bonchev–Trinajstić information content (AvgIpc) is 2.74.